The Balaban J connectivity index is 1.91. The summed E-state index contributed by atoms with van der Waals surface area (Å²) in [5.74, 6) is -2.20. The molecule has 1 atom stereocenters. The maximum atomic E-state index is 13.4. The molecule has 1 amide bonds. The van der Waals surface area contributed by atoms with Gasteiger partial charge in [0.25, 0.3) is 11.7 Å². The minimum absolute atomic E-state index is 0.0695. The molecule has 0 spiro atoms. The molecule has 38 heavy (non-hydrogen) atoms. The molecule has 1 unspecified atom stereocenters. The fourth-order valence-corrected chi connectivity index (χ4v) is 4.61. The van der Waals surface area contributed by atoms with E-state index in [1.54, 1.807) is 24.3 Å². The lowest BCUT2D eigenvalue weighted by Gasteiger charge is -2.26. The Morgan fingerprint density at radius 2 is 1.53 bits per heavy atom. The van der Waals surface area contributed by atoms with Crippen LogP contribution in [0, 0.1) is 0 Å². The number of aliphatic hydroxyl groups excluding tert-OH is 1. The lowest BCUT2D eigenvalue weighted by molar-refractivity contribution is -0.132. The molecule has 4 rings (SSSR count). The number of halogens is 1. The molecule has 0 bridgehead atoms. The first-order valence-electron chi connectivity index (χ1n) is 11.9. The van der Waals surface area contributed by atoms with Crippen LogP contribution < -0.4 is 9.64 Å². The molecule has 0 aliphatic carbocycles. The fourth-order valence-electron chi connectivity index (χ4n) is 4.42. The molecule has 1 aliphatic rings. The van der Waals surface area contributed by atoms with Crippen LogP contribution in [0.2, 0.25) is 5.02 Å². The molecule has 1 fully saturated rings. The lowest BCUT2D eigenvalue weighted by atomic mass is 9.85. The molecule has 1 saturated heterocycles. The summed E-state index contributed by atoms with van der Waals surface area (Å²) in [4.78, 5) is 40.1. The molecule has 3 aromatic rings. The molecule has 1 N–H and O–H groups in total. The van der Waals surface area contributed by atoms with Crippen molar-refractivity contribution in [2.24, 2.45) is 0 Å². The smallest absolute Gasteiger partial charge is 0.337 e. The van der Waals surface area contributed by atoms with Gasteiger partial charge in [-0.25, -0.2) is 4.79 Å². The van der Waals surface area contributed by atoms with Crippen molar-refractivity contribution in [2.45, 2.75) is 32.2 Å². The second-order valence-corrected chi connectivity index (χ2v) is 10.3. The number of amides is 1. The highest BCUT2D eigenvalue weighted by Gasteiger charge is 2.47. The highest BCUT2D eigenvalue weighted by atomic mass is 35.5. The number of ketones is 1. The Morgan fingerprint density at radius 3 is 2.08 bits per heavy atom. The number of nitrogens with zero attached hydrogens (tertiary/aromatic N) is 1. The van der Waals surface area contributed by atoms with E-state index in [2.05, 4.69) is 20.8 Å². The third kappa shape index (κ3) is 4.89. The SMILES string of the molecule is COC(=O)c1ccc(N2C(=O)C(=O)/C(=C(\O)c3ccc(Cl)c(OC)c3)C2c2ccc(C(C)(C)C)cc2)cc1. The van der Waals surface area contributed by atoms with Gasteiger partial charge in [-0.05, 0) is 59.0 Å². The maximum absolute atomic E-state index is 13.4. The highest BCUT2D eigenvalue weighted by molar-refractivity contribution is 6.51. The van der Waals surface area contributed by atoms with E-state index >= 15 is 0 Å². The third-order valence-corrected chi connectivity index (χ3v) is 6.84. The monoisotopic (exact) mass is 533 g/mol. The van der Waals surface area contributed by atoms with Gasteiger partial charge >= 0.3 is 5.97 Å². The van der Waals surface area contributed by atoms with E-state index in [0.29, 0.717) is 27.6 Å². The number of rotatable bonds is 5. The van der Waals surface area contributed by atoms with E-state index in [4.69, 9.17) is 21.1 Å². The molecule has 0 saturated carbocycles. The number of hydrogen-bond acceptors (Lipinski definition) is 6. The minimum atomic E-state index is -0.922. The highest BCUT2D eigenvalue weighted by Crippen LogP contribution is 2.43. The third-order valence-electron chi connectivity index (χ3n) is 6.53. The molecular formula is C30H28ClNO6. The van der Waals surface area contributed by atoms with E-state index in [1.807, 2.05) is 24.3 Å². The zero-order chi connectivity index (χ0) is 27.8. The summed E-state index contributed by atoms with van der Waals surface area (Å²) in [5, 5.41) is 11.7. The Kier molecular flexibility index (Phi) is 7.33. The summed E-state index contributed by atoms with van der Waals surface area (Å²) in [6, 6.07) is 17.5. The first kappa shape index (κ1) is 26.9. The number of Topliss-reactive ketones (excluding diaryl/α,β-unsaturated/α-hetero) is 1. The van der Waals surface area contributed by atoms with Gasteiger partial charge in [0.15, 0.2) is 0 Å². The Bertz CT molecular complexity index is 1440. The standard InChI is InChI=1S/C30H28ClNO6/c1-30(2,3)20-11-6-17(7-12-20)25-24(26(33)19-10-15-22(31)23(16-19)37-4)27(34)28(35)32(25)21-13-8-18(9-14-21)29(36)38-5/h6-16,25,33H,1-5H3/b26-24-. The number of carbonyl (C=O) groups excluding carboxylic acids is 3. The predicted octanol–water partition coefficient (Wildman–Crippen LogP) is 6.06. The molecule has 1 aliphatic heterocycles. The number of anilines is 1. The quantitative estimate of drug-likeness (QED) is 0.185. The Labute approximate surface area is 226 Å². The van der Waals surface area contributed by atoms with Crippen molar-refractivity contribution in [3.8, 4) is 5.75 Å². The van der Waals surface area contributed by atoms with Crippen molar-refractivity contribution in [3.05, 3.63) is 99.6 Å². The van der Waals surface area contributed by atoms with Gasteiger partial charge in [-0.3, -0.25) is 14.5 Å². The zero-order valence-electron chi connectivity index (χ0n) is 21.7. The molecule has 0 aromatic heterocycles. The van der Waals surface area contributed by atoms with Crippen LogP contribution in [0.3, 0.4) is 0 Å². The first-order valence-corrected chi connectivity index (χ1v) is 12.3. The minimum Gasteiger partial charge on any atom is -0.507 e. The summed E-state index contributed by atoms with van der Waals surface area (Å²) in [6.07, 6.45) is 0. The van der Waals surface area contributed by atoms with Gasteiger partial charge in [0.1, 0.15) is 11.5 Å². The number of benzene rings is 3. The number of ether oxygens (including phenoxy) is 2. The van der Waals surface area contributed by atoms with E-state index in [1.165, 1.54) is 37.3 Å². The Hall–Kier alpha value is -4.10. The van der Waals surface area contributed by atoms with E-state index in [0.717, 1.165) is 5.56 Å². The molecule has 1 heterocycles. The molecule has 196 valence electrons. The number of hydrogen-bond donors (Lipinski definition) is 1. The normalized spacial score (nSPS) is 17.0. The van der Waals surface area contributed by atoms with Crippen LogP contribution in [0.5, 0.6) is 5.75 Å². The van der Waals surface area contributed by atoms with Gasteiger partial charge in [-0.2, -0.15) is 0 Å². The van der Waals surface area contributed by atoms with Crippen LogP contribution in [-0.4, -0.2) is 37.0 Å². The number of carbonyl (C=O) groups is 3. The van der Waals surface area contributed by atoms with Crippen LogP contribution in [0.4, 0.5) is 5.69 Å². The zero-order valence-corrected chi connectivity index (χ0v) is 22.5. The van der Waals surface area contributed by atoms with Crippen LogP contribution in [-0.2, 0) is 19.7 Å². The second kappa shape index (κ2) is 10.3. The second-order valence-electron chi connectivity index (χ2n) is 9.93. The van der Waals surface area contributed by atoms with Crippen molar-refractivity contribution < 1.29 is 29.0 Å². The van der Waals surface area contributed by atoms with Gasteiger partial charge in [0.2, 0.25) is 0 Å². The van der Waals surface area contributed by atoms with Crippen molar-refractivity contribution in [2.75, 3.05) is 19.1 Å². The molecule has 7 nitrogen and oxygen atoms in total. The number of aliphatic hydroxyl groups is 1. The van der Waals surface area contributed by atoms with Crippen molar-refractivity contribution in [3.63, 3.8) is 0 Å². The summed E-state index contributed by atoms with van der Waals surface area (Å²) < 4.78 is 10.0. The largest absolute Gasteiger partial charge is 0.507 e. The van der Waals surface area contributed by atoms with Gasteiger partial charge in [0.05, 0.1) is 36.4 Å². The Morgan fingerprint density at radius 1 is 0.921 bits per heavy atom. The average molecular weight is 534 g/mol. The summed E-state index contributed by atoms with van der Waals surface area (Å²) in [7, 11) is 2.72. The maximum Gasteiger partial charge on any atom is 0.337 e. The molecular weight excluding hydrogens is 506 g/mol. The molecule has 3 aromatic carbocycles. The summed E-state index contributed by atoms with van der Waals surface area (Å²) in [5.41, 5.74) is 2.50. The van der Waals surface area contributed by atoms with Gasteiger partial charge < -0.3 is 14.6 Å². The average Bonchev–Trinajstić information content (AvgIpc) is 3.17. The van der Waals surface area contributed by atoms with Gasteiger partial charge in [-0.15, -0.1) is 0 Å². The van der Waals surface area contributed by atoms with Crippen LogP contribution in [0.25, 0.3) is 5.76 Å². The van der Waals surface area contributed by atoms with Crippen LogP contribution in [0.1, 0.15) is 53.9 Å². The molecule has 0 radical (unpaired) electrons. The van der Waals surface area contributed by atoms with Crippen LogP contribution >= 0.6 is 11.6 Å². The topological polar surface area (TPSA) is 93.1 Å². The summed E-state index contributed by atoms with van der Waals surface area (Å²) >= 11 is 6.15. The fraction of sp³-hybridized carbons (Fsp3) is 0.233. The van der Waals surface area contributed by atoms with Crippen LogP contribution in [0.15, 0.2) is 72.3 Å². The van der Waals surface area contributed by atoms with E-state index < -0.39 is 23.7 Å². The number of esters is 1. The lowest BCUT2D eigenvalue weighted by Crippen LogP contribution is -2.29. The van der Waals surface area contributed by atoms with Gasteiger partial charge in [-0.1, -0.05) is 56.6 Å². The number of methoxy groups -OCH3 is 2. The van der Waals surface area contributed by atoms with Crippen molar-refractivity contribution in [1.29, 1.82) is 0 Å². The van der Waals surface area contributed by atoms with Crippen molar-refractivity contribution in [1.82, 2.24) is 0 Å². The first-order chi connectivity index (χ1) is 18.0. The molecule has 8 heteroatoms. The van der Waals surface area contributed by atoms with E-state index in [-0.39, 0.29) is 22.3 Å². The predicted molar refractivity (Wildman–Crippen MR) is 146 cm³/mol. The van der Waals surface area contributed by atoms with Crippen molar-refractivity contribution >= 4 is 40.7 Å². The summed E-state index contributed by atoms with van der Waals surface area (Å²) in [6.45, 7) is 6.26. The van der Waals surface area contributed by atoms with Gasteiger partial charge in [0, 0.05) is 11.3 Å². The van der Waals surface area contributed by atoms with E-state index in [9.17, 15) is 19.5 Å².